The molecule has 7 rings (SSSR count). The smallest absolute Gasteiger partial charge is 0.384 e. The second kappa shape index (κ2) is 12.4. The van der Waals surface area contributed by atoms with Gasteiger partial charge >= 0.3 is 6.18 Å². The van der Waals surface area contributed by atoms with Crippen molar-refractivity contribution in [3.05, 3.63) is 99.6 Å². The number of pyridine rings is 1. The van der Waals surface area contributed by atoms with Gasteiger partial charge in [0.15, 0.2) is 5.82 Å². The van der Waals surface area contributed by atoms with E-state index in [1.807, 2.05) is 4.90 Å². The van der Waals surface area contributed by atoms with E-state index in [2.05, 4.69) is 25.2 Å². The highest BCUT2D eigenvalue weighted by Gasteiger charge is 2.37. The molecule has 11 nitrogen and oxygen atoms in total. The maximum absolute atomic E-state index is 15.2. The second-order valence-electron chi connectivity index (χ2n) is 11.7. The van der Waals surface area contributed by atoms with E-state index in [-0.39, 0.29) is 42.3 Å². The summed E-state index contributed by atoms with van der Waals surface area (Å²) < 4.78 is 63.0. The molecule has 2 amide bonds. The van der Waals surface area contributed by atoms with E-state index < -0.39 is 35.4 Å². The Balaban J connectivity index is 1.21. The van der Waals surface area contributed by atoms with E-state index in [4.69, 9.17) is 10.5 Å². The molecule has 15 heteroatoms. The van der Waals surface area contributed by atoms with E-state index in [1.54, 1.807) is 30.3 Å². The van der Waals surface area contributed by atoms with Gasteiger partial charge < -0.3 is 20.3 Å². The number of nitrogen functional groups attached to an aromatic ring is 1. The van der Waals surface area contributed by atoms with Crippen LogP contribution in [-0.2, 0) is 30.3 Å². The summed E-state index contributed by atoms with van der Waals surface area (Å²) in [5.41, 5.74) is 6.85. The fourth-order valence-corrected chi connectivity index (χ4v) is 6.25. The second-order valence-corrected chi connectivity index (χ2v) is 11.7. The van der Waals surface area contributed by atoms with Crippen LogP contribution in [-0.4, -0.2) is 64.5 Å². The number of hydrogen-bond acceptors (Lipinski definition) is 9. The van der Waals surface area contributed by atoms with Gasteiger partial charge in [0.05, 0.1) is 36.6 Å². The fraction of sp³-hybridized carbons (Fsp3) is 0.303. The van der Waals surface area contributed by atoms with Crippen molar-refractivity contribution in [1.29, 1.82) is 0 Å². The van der Waals surface area contributed by atoms with Gasteiger partial charge in [-0.25, -0.2) is 19.3 Å². The molecule has 3 aliphatic rings. The van der Waals surface area contributed by atoms with Gasteiger partial charge in [-0.3, -0.25) is 9.59 Å². The summed E-state index contributed by atoms with van der Waals surface area (Å²) in [6, 6.07) is 11.5. The number of nitrogens with two attached hydrogens (primary N) is 1. The molecule has 1 saturated heterocycles. The lowest BCUT2D eigenvalue weighted by Crippen LogP contribution is -2.41. The number of amides is 2. The number of carbonyl (C=O) groups is 2. The zero-order valence-electron chi connectivity index (χ0n) is 25.4. The average molecular weight is 661 g/mol. The van der Waals surface area contributed by atoms with Crippen molar-refractivity contribution in [2.24, 2.45) is 10.2 Å². The van der Waals surface area contributed by atoms with Crippen LogP contribution in [0.15, 0.2) is 65.0 Å². The molecule has 2 N–H and O–H groups in total. The molecule has 1 unspecified atom stereocenters. The Kier molecular flexibility index (Phi) is 8.07. The van der Waals surface area contributed by atoms with Gasteiger partial charge in [0, 0.05) is 48.9 Å². The Bertz CT molecular complexity index is 1960. The maximum Gasteiger partial charge on any atom is 0.417 e. The highest BCUT2D eigenvalue weighted by Crippen LogP contribution is 2.39. The number of benzene rings is 2. The summed E-state index contributed by atoms with van der Waals surface area (Å²) >= 11 is 0. The molecule has 0 aliphatic carbocycles. The van der Waals surface area contributed by atoms with E-state index in [1.165, 1.54) is 17.0 Å². The van der Waals surface area contributed by atoms with Gasteiger partial charge in [-0.1, -0.05) is 24.3 Å². The molecule has 1 fully saturated rings. The van der Waals surface area contributed by atoms with Crippen LogP contribution in [0.2, 0.25) is 0 Å². The van der Waals surface area contributed by atoms with E-state index in [9.17, 15) is 22.8 Å². The Morgan fingerprint density at radius 3 is 2.60 bits per heavy atom. The van der Waals surface area contributed by atoms with Crippen LogP contribution in [0.25, 0.3) is 11.4 Å². The van der Waals surface area contributed by atoms with Gasteiger partial charge in [0.25, 0.3) is 11.8 Å². The van der Waals surface area contributed by atoms with Crippen LogP contribution in [0.1, 0.15) is 54.7 Å². The number of azo groups is 1. The average Bonchev–Trinajstić information content (AvgIpc) is 3.09. The number of aromatic nitrogens is 3. The number of nitrogens with zero attached hydrogens (tertiary/aromatic N) is 7. The molecular formula is C33H28F4N8O3. The number of ether oxygens (including phenoxy) is 1. The lowest BCUT2D eigenvalue weighted by atomic mass is 9.93. The van der Waals surface area contributed by atoms with Gasteiger partial charge in [0.2, 0.25) is 0 Å². The Morgan fingerprint density at radius 1 is 1.02 bits per heavy atom. The van der Waals surface area contributed by atoms with Gasteiger partial charge in [-0.2, -0.15) is 18.3 Å². The molecule has 4 aromatic rings. The van der Waals surface area contributed by atoms with Crippen molar-refractivity contribution in [2.75, 3.05) is 43.5 Å². The maximum atomic E-state index is 15.2. The lowest BCUT2D eigenvalue weighted by Gasteiger charge is -2.34. The minimum Gasteiger partial charge on any atom is -0.384 e. The van der Waals surface area contributed by atoms with Crippen LogP contribution in [0.4, 0.5) is 29.2 Å². The first-order valence-electron chi connectivity index (χ1n) is 15.2. The lowest BCUT2D eigenvalue weighted by molar-refractivity contribution is -0.137. The third kappa shape index (κ3) is 5.96. The number of fused-ring (bicyclic) bond motifs is 2. The van der Waals surface area contributed by atoms with E-state index >= 15 is 4.39 Å². The minimum absolute atomic E-state index is 0.0826. The summed E-state index contributed by atoms with van der Waals surface area (Å²) in [7, 11) is 0. The molecule has 0 saturated carbocycles. The van der Waals surface area contributed by atoms with Crippen molar-refractivity contribution in [1.82, 2.24) is 19.9 Å². The first kappa shape index (κ1) is 31.3. The molecule has 246 valence electrons. The van der Waals surface area contributed by atoms with Crippen molar-refractivity contribution in [2.45, 2.75) is 31.6 Å². The molecule has 3 aliphatic heterocycles. The van der Waals surface area contributed by atoms with Gasteiger partial charge in [-0.05, 0) is 41.8 Å². The fourth-order valence-electron chi connectivity index (χ4n) is 6.25. The molecule has 5 heterocycles. The minimum atomic E-state index is -4.76. The number of rotatable bonds is 5. The van der Waals surface area contributed by atoms with Gasteiger partial charge in [0.1, 0.15) is 23.5 Å². The Hall–Kier alpha value is -5.31. The van der Waals surface area contributed by atoms with E-state index in [0.29, 0.717) is 66.5 Å². The zero-order valence-corrected chi connectivity index (χ0v) is 25.4. The van der Waals surface area contributed by atoms with Crippen LogP contribution >= 0.6 is 0 Å². The number of hydrogen-bond donors (Lipinski definition) is 1. The highest BCUT2D eigenvalue weighted by atomic mass is 19.4. The Morgan fingerprint density at radius 2 is 1.81 bits per heavy atom. The largest absolute Gasteiger partial charge is 0.417 e. The zero-order chi connectivity index (χ0) is 33.6. The number of morpholine rings is 1. The molecule has 0 radical (unpaired) electrons. The standard InChI is InChI=1S/C33H28F4N8O3/c34-25-6-5-18(14-26-19-3-1-2-4-20(19)31(46)43-42-26)13-22(25)32(47)45-8-7-21-27(17-45)40-29(41-30(21)44-9-11-48-12-10-44)23-16-39-28(38)15-24(23)33(35,36)37/h1-6,13,15-16,26H,7-12,14,17H2,(H2,38,39). The molecule has 1 atom stereocenters. The monoisotopic (exact) mass is 660 g/mol. The van der Waals surface area contributed by atoms with Crippen molar-refractivity contribution in [3.8, 4) is 11.4 Å². The number of anilines is 2. The molecular weight excluding hydrogens is 632 g/mol. The molecule has 0 bridgehead atoms. The number of alkyl halides is 3. The number of halogens is 4. The van der Waals surface area contributed by atoms with Crippen molar-refractivity contribution < 1.29 is 31.9 Å². The summed E-state index contributed by atoms with van der Waals surface area (Å²) in [5.74, 6) is -1.81. The quantitative estimate of drug-likeness (QED) is 0.288. The third-order valence-electron chi connectivity index (χ3n) is 8.64. The van der Waals surface area contributed by atoms with Crippen molar-refractivity contribution >= 4 is 23.5 Å². The van der Waals surface area contributed by atoms with Crippen LogP contribution in [0, 0.1) is 5.82 Å². The first-order chi connectivity index (χ1) is 23.1. The van der Waals surface area contributed by atoms with Crippen LogP contribution < -0.4 is 10.6 Å². The summed E-state index contributed by atoms with van der Waals surface area (Å²) in [5, 5.41) is 7.90. The molecule has 2 aromatic heterocycles. The summed E-state index contributed by atoms with van der Waals surface area (Å²) in [6.07, 6.45) is -3.19. The number of carbonyl (C=O) groups excluding carboxylic acids is 2. The highest BCUT2D eigenvalue weighted by molar-refractivity contribution is 5.97. The Labute approximate surface area is 271 Å². The summed E-state index contributed by atoms with van der Waals surface area (Å²) in [6.45, 7) is 1.88. The molecule has 2 aromatic carbocycles. The molecule has 0 spiro atoms. The van der Waals surface area contributed by atoms with E-state index in [0.717, 1.165) is 12.3 Å². The predicted molar refractivity (Wildman–Crippen MR) is 165 cm³/mol. The summed E-state index contributed by atoms with van der Waals surface area (Å²) in [4.78, 5) is 42.4. The molecule has 48 heavy (non-hydrogen) atoms. The SMILES string of the molecule is Nc1cc(C(F)(F)F)c(-c2nc3c(c(N4CCOCC4)n2)CCN(C(=O)c2cc(CC4N=NC(=O)c5ccccc54)ccc2F)C3)cn1. The van der Waals surface area contributed by atoms with Crippen LogP contribution in [0.3, 0.4) is 0 Å². The third-order valence-corrected chi connectivity index (χ3v) is 8.64. The van der Waals surface area contributed by atoms with Crippen LogP contribution in [0.5, 0.6) is 0 Å². The predicted octanol–water partition coefficient (Wildman–Crippen LogP) is 5.20. The van der Waals surface area contributed by atoms with Gasteiger partial charge in [-0.15, -0.1) is 5.11 Å². The van der Waals surface area contributed by atoms with Crippen molar-refractivity contribution in [3.63, 3.8) is 0 Å². The normalized spacial score (nSPS) is 17.7. The first-order valence-corrected chi connectivity index (χ1v) is 15.2. The topological polar surface area (TPSA) is 139 Å².